The van der Waals surface area contributed by atoms with E-state index in [9.17, 15) is 19.2 Å². The van der Waals surface area contributed by atoms with Crippen LogP contribution in [0.2, 0.25) is 0 Å². The topological polar surface area (TPSA) is 108 Å². The van der Waals surface area contributed by atoms with Crippen molar-refractivity contribution in [1.82, 2.24) is 20.9 Å². The van der Waals surface area contributed by atoms with Crippen molar-refractivity contribution in [1.29, 1.82) is 0 Å². The molecule has 29 heavy (non-hydrogen) atoms. The van der Waals surface area contributed by atoms with Gasteiger partial charge in [0, 0.05) is 44.6 Å². The van der Waals surface area contributed by atoms with Crippen molar-refractivity contribution < 1.29 is 19.2 Å². The monoisotopic (exact) mass is 406 g/mol. The summed E-state index contributed by atoms with van der Waals surface area (Å²) in [5.74, 6) is 0.209. The average molecular weight is 407 g/mol. The first-order chi connectivity index (χ1) is 14.1. The molecule has 0 aliphatic carbocycles. The number of carbonyl (C=O) groups is 4. The van der Waals surface area contributed by atoms with Crippen molar-refractivity contribution in [2.24, 2.45) is 5.92 Å². The second-order valence-corrected chi connectivity index (χ2v) is 7.80. The zero-order valence-corrected chi connectivity index (χ0v) is 17.2. The van der Waals surface area contributed by atoms with E-state index in [1.54, 1.807) is 0 Å². The highest BCUT2D eigenvalue weighted by Gasteiger charge is 2.22. The maximum Gasteiger partial charge on any atom is 0.253 e. The molecule has 8 heteroatoms. The molecule has 2 aliphatic rings. The first-order valence-corrected chi connectivity index (χ1v) is 10.8. The predicted octanol–water partition coefficient (Wildman–Crippen LogP) is 0.874. The van der Waals surface area contributed by atoms with Crippen molar-refractivity contribution in [2.75, 3.05) is 32.7 Å². The van der Waals surface area contributed by atoms with Crippen LogP contribution >= 0.6 is 0 Å². The summed E-state index contributed by atoms with van der Waals surface area (Å²) in [4.78, 5) is 47.6. The highest BCUT2D eigenvalue weighted by molar-refractivity contribution is 6.12. The largest absolute Gasteiger partial charge is 0.356 e. The van der Waals surface area contributed by atoms with Crippen LogP contribution in [0.25, 0.3) is 0 Å². The number of nitrogens with one attached hydrogen (secondary N) is 3. The lowest BCUT2D eigenvalue weighted by Gasteiger charge is -2.13. The Morgan fingerprint density at radius 3 is 2.24 bits per heavy atom. The van der Waals surface area contributed by atoms with Gasteiger partial charge in [0.05, 0.1) is 0 Å². The quantitative estimate of drug-likeness (QED) is 0.293. The highest BCUT2D eigenvalue weighted by Crippen LogP contribution is 2.08. The molecule has 4 amide bonds. The summed E-state index contributed by atoms with van der Waals surface area (Å²) in [7, 11) is 0. The van der Waals surface area contributed by atoms with Crippen LogP contribution in [0.3, 0.4) is 0 Å². The van der Waals surface area contributed by atoms with Crippen LogP contribution in [-0.2, 0) is 19.2 Å². The van der Waals surface area contributed by atoms with E-state index in [0.717, 1.165) is 58.2 Å². The standard InChI is InChI=1S/C21H34N4O4/c26-18(7-4-2-6-14-25-20(28)9-10-21(25)29)23-12-5-1-3-8-19(27)24-16-17-11-13-22-15-17/h9-10,17,22H,1-8,11-16H2,(H,23,26)(H,24,27). The van der Waals surface area contributed by atoms with Crippen molar-refractivity contribution in [2.45, 2.75) is 57.8 Å². The zero-order chi connectivity index (χ0) is 20.9. The molecule has 8 nitrogen and oxygen atoms in total. The van der Waals surface area contributed by atoms with Gasteiger partial charge in [-0.05, 0) is 51.1 Å². The molecule has 0 aromatic rings. The van der Waals surface area contributed by atoms with Gasteiger partial charge in [-0.25, -0.2) is 0 Å². The molecule has 1 unspecified atom stereocenters. The second kappa shape index (κ2) is 13.1. The minimum atomic E-state index is -0.253. The summed E-state index contributed by atoms with van der Waals surface area (Å²) < 4.78 is 0. The van der Waals surface area contributed by atoms with Gasteiger partial charge in [-0.15, -0.1) is 0 Å². The van der Waals surface area contributed by atoms with Gasteiger partial charge in [0.1, 0.15) is 0 Å². The number of amides is 4. The van der Waals surface area contributed by atoms with Gasteiger partial charge in [0.15, 0.2) is 0 Å². The molecular formula is C21H34N4O4. The fourth-order valence-electron chi connectivity index (χ4n) is 3.52. The third kappa shape index (κ3) is 9.21. The summed E-state index contributed by atoms with van der Waals surface area (Å²) in [5, 5.41) is 9.19. The van der Waals surface area contributed by atoms with E-state index < -0.39 is 0 Å². The molecule has 2 heterocycles. The van der Waals surface area contributed by atoms with E-state index in [1.807, 2.05) is 0 Å². The van der Waals surface area contributed by atoms with Crippen molar-refractivity contribution >= 4 is 23.6 Å². The molecule has 0 bridgehead atoms. The predicted molar refractivity (Wildman–Crippen MR) is 110 cm³/mol. The van der Waals surface area contributed by atoms with E-state index in [1.165, 1.54) is 17.1 Å². The van der Waals surface area contributed by atoms with Crippen molar-refractivity contribution in [3.05, 3.63) is 12.2 Å². The molecule has 0 spiro atoms. The number of hydrogen-bond donors (Lipinski definition) is 3. The summed E-state index contributed by atoms with van der Waals surface area (Å²) >= 11 is 0. The molecule has 1 atom stereocenters. The van der Waals surface area contributed by atoms with Gasteiger partial charge in [0.25, 0.3) is 11.8 Å². The highest BCUT2D eigenvalue weighted by atomic mass is 16.2. The molecule has 162 valence electrons. The summed E-state index contributed by atoms with van der Waals surface area (Å²) in [5.41, 5.74) is 0. The SMILES string of the molecule is O=C(CCCCCN1C(=O)C=CC1=O)NCCCCCC(=O)NCC1CCNC1. The van der Waals surface area contributed by atoms with Gasteiger partial charge >= 0.3 is 0 Å². The molecule has 1 fully saturated rings. The molecule has 3 N–H and O–H groups in total. The number of unbranched alkanes of at least 4 members (excludes halogenated alkanes) is 4. The van der Waals surface area contributed by atoms with Gasteiger partial charge in [0.2, 0.25) is 11.8 Å². The van der Waals surface area contributed by atoms with Gasteiger partial charge < -0.3 is 16.0 Å². The molecule has 2 rings (SSSR count). The van der Waals surface area contributed by atoms with Crippen LogP contribution in [0, 0.1) is 5.92 Å². The lowest BCUT2D eigenvalue weighted by atomic mass is 10.1. The van der Waals surface area contributed by atoms with Crippen LogP contribution in [0.4, 0.5) is 0 Å². The van der Waals surface area contributed by atoms with E-state index >= 15 is 0 Å². The van der Waals surface area contributed by atoms with E-state index in [-0.39, 0.29) is 23.6 Å². The van der Waals surface area contributed by atoms with Gasteiger partial charge in [-0.3, -0.25) is 24.1 Å². The van der Waals surface area contributed by atoms with E-state index in [4.69, 9.17) is 0 Å². The number of nitrogens with zero attached hydrogens (tertiary/aromatic N) is 1. The summed E-state index contributed by atoms with van der Waals surface area (Å²) in [6, 6.07) is 0. The molecule has 2 aliphatic heterocycles. The minimum Gasteiger partial charge on any atom is -0.356 e. The Labute approximate surface area is 172 Å². The Balaban J connectivity index is 1.36. The Hall–Kier alpha value is -2.22. The lowest BCUT2D eigenvalue weighted by molar-refractivity contribution is -0.137. The smallest absolute Gasteiger partial charge is 0.253 e. The first-order valence-electron chi connectivity index (χ1n) is 10.8. The van der Waals surface area contributed by atoms with E-state index in [0.29, 0.717) is 38.3 Å². The van der Waals surface area contributed by atoms with Crippen LogP contribution in [0.5, 0.6) is 0 Å². The fourth-order valence-corrected chi connectivity index (χ4v) is 3.52. The van der Waals surface area contributed by atoms with Crippen molar-refractivity contribution in [3.8, 4) is 0 Å². The third-order valence-corrected chi connectivity index (χ3v) is 5.34. The maximum atomic E-state index is 11.8. The number of carbonyl (C=O) groups excluding carboxylic acids is 4. The van der Waals surface area contributed by atoms with Crippen LogP contribution in [-0.4, -0.2) is 61.3 Å². The Kier molecular flexibility index (Phi) is 10.4. The Morgan fingerprint density at radius 2 is 1.59 bits per heavy atom. The summed E-state index contributed by atoms with van der Waals surface area (Å²) in [6.45, 7) is 3.86. The number of rotatable bonds is 14. The minimum absolute atomic E-state index is 0.0305. The number of hydrogen-bond acceptors (Lipinski definition) is 5. The van der Waals surface area contributed by atoms with Gasteiger partial charge in [-0.2, -0.15) is 0 Å². The number of imide groups is 1. The third-order valence-electron chi connectivity index (χ3n) is 5.34. The molecule has 0 aromatic heterocycles. The van der Waals surface area contributed by atoms with Crippen molar-refractivity contribution in [3.63, 3.8) is 0 Å². The van der Waals surface area contributed by atoms with Crippen LogP contribution in [0.1, 0.15) is 57.8 Å². The lowest BCUT2D eigenvalue weighted by Crippen LogP contribution is -2.30. The summed E-state index contributed by atoms with van der Waals surface area (Å²) in [6.07, 6.45) is 9.61. The first kappa shape index (κ1) is 23.1. The Bertz CT molecular complexity index is 581. The molecule has 0 aromatic carbocycles. The van der Waals surface area contributed by atoms with Crippen LogP contribution < -0.4 is 16.0 Å². The molecule has 0 saturated carbocycles. The van der Waals surface area contributed by atoms with Crippen LogP contribution in [0.15, 0.2) is 12.2 Å². The Morgan fingerprint density at radius 1 is 0.931 bits per heavy atom. The normalized spacial score (nSPS) is 18.5. The fraction of sp³-hybridized carbons (Fsp3) is 0.714. The molecular weight excluding hydrogens is 372 g/mol. The zero-order valence-electron chi connectivity index (χ0n) is 17.2. The van der Waals surface area contributed by atoms with Gasteiger partial charge in [-0.1, -0.05) is 12.8 Å². The second-order valence-electron chi connectivity index (χ2n) is 7.80. The molecule has 1 saturated heterocycles. The molecule has 0 radical (unpaired) electrons. The van der Waals surface area contributed by atoms with E-state index in [2.05, 4.69) is 16.0 Å². The average Bonchev–Trinajstić information content (AvgIpc) is 3.33. The maximum absolute atomic E-state index is 11.8.